The number of carbonyl (C=O) groups is 3. The summed E-state index contributed by atoms with van der Waals surface area (Å²) in [5, 5.41) is 5.56. The fourth-order valence-corrected chi connectivity index (χ4v) is 3.90. The molecule has 11 nitrogen and oxygen atoms in total. The van der Waals surface area contributed by atoms with E-state index in [4.69, 9.17) is 18.9 Å². The first-order valence-corrected chi connectivity index (χ1v) is 10.7. The molecule has 0 aliphatic carbocycles. The molecule has 2 heterocycles. The number of amides is 3. The van der Waals surface area contributed by atoms with Gasteiger partial charge in [0.25, 0.3) is 0 Å². The lowest BCUT2D eigenvalue weighted by Gasteiger charge is -2.36. The Labute approximate surface area is 192 Å². The number of benzene rings is 1. The molecule has 0 saturated carbocycles. The highest BCUT2D eigenvalue weighted by Crippen LogP contribution is 2.34. The van der Waals surface area contributed by atoms with Gasteiger partial charge in [-0.1, -0.05) is 6.07 Å². The van der Waals surface area contributed by atoms with Gasteiger partial charge in [-0.05, 0) is 24.6 Å². The highest BCUT2D eigenvalue weighted by Gasteiger charge is 2.35. The Morgan fingerprint density at radius 3 is 2.36 bits per heavy atom. The van der Waals surface area contributed by atoms with Gasteiger partial charge in [0.05, 0.1) is 39.6 Å². The molecule has 11 heteroatoms. The number of urea groups is 1. The number of nitrogens with zero attached hydrogens (tertiary/aromatic N) is 2. The summed E-state index contributed by atoms with van der Waals surface area (Å²) in [6.07, 6.45) is -0.338. The van der Waals surface area contributed by atoms with Crippen LogP contribution in [0, 0.1) is 0 Å². The van der Waals surface area contributed by atoms with Crippen LogP contribution in [0.2, 0.25) is 0 Å². The third-order valence-corrected chi connectivity index (χ3v) is 5.58. The maximum absolute atomic E-state index is 12.8. The molecule has 1 fully saturated rings. The van der Waals surface area contributed by atoms with Crippen LogP contribution >= 0.6 is 0 Å². The first-order valence-electron chi connectivity index (χ1n) is 10.7. The van der Waals surface area contributed by atoms with Crippen LogP contribution in [-0.2, 0) is 14.3 Å². The number of rotatable bonds is 7. The summed E-state index contributed by atoms with van der Waals surface area (Å²) >= 11 is 0. The molecule has 2 aliphatic heterocycles. The van der Waals surface area contributed by atoms with Crippen LogP contribution in [0.3, 0.4) is 0 Å². The van der Waals surface area contributed by atoms with Crippen molar-refractivity contribution in [1.29, 1.82) is 0 Å². The lowest BCUT2D eigenvalue weighted by atomic mass is 9.94. The second kappa shape index (κ2) is 10.9. The molecule has 0 radical (unpaired) electrons. The predicted molar refractivity (Wildman–Crippen MR) is 118 cm³/mol. The van der Waals surface area contributed by atoms with Gasteiger partial charge >= 0.3 is 18.1 Å². The van der Waals surface area contributed by atoms with Crippen LogP contribution < -0.4 is 20.1 Å². The van der Waals surface area contributed by atoms with Gasteiger partial charge in [0, 0.05) is 38.4 Å². The van der Waals surface area contributed by atoms with Gasteiger partial charge in [-0.15, -0.1) is 0 Å². The highest BCUT2D eigenvalue weighted by atomic mass is 16.6. The average molecular weight is 463 g/mol. The molecule has 2 N–H and O–H groups in total. The quantitative estimate of drug-likeness (QED) is 0.582. The van der Waals surface area contributed by atoms with Crippen LogP contribution in [0.25, 0.3) is 0 Å². The molecule has 33 heavy (non-hydrogen) atoms. The Bertz CT molecular complexity index is 925. The summed E-state index contributed by atoms with van der Waals surface area (Å²) in [5.41, 5.74) is 1.40. The molecule has 2 aliphatic rings. The number of nitrogens with one attached hydrogen (secondary N) is 2. The van der Waals surface area contributed by atoms with E-state index in [1.807, 2.05) is 0 Å². The lowest BCUT2D eigenvalue weighted by molar-refractivity contribution is -0.136. The SMILES string of the molecule is CCOC(=O)N1CCN(CC2=C(C(=O)OC)[C@H](c3ccc(OC)c(OC)c3)NC(=O)N2)CC1. The fourth-order valence-electron chi connectivity index (χ4n) is 3.90. The standard InChI is InChI=1S/C22H30N4O7/c1-5-33-22(29)26-10-8-25(9-11-26)13-15-18(20(27)32-4)19(24-21(28)23-15)14-6-7-16(30-2)17(12-14)31-3/h6-7,12,19H,5,8-11,13H2,1-4H3,(H2,23,24,28)/t19-/m0/s1. The zero-order valence-corrected chi connectivity index (χ0v) is 19.3. The highest BCUT2D eigenvalue weighted by molar-refractivity contribution is 5.95. The molecule has 3 rings (SSSR count). The van der Waals surface area contributed by atoms with E-state index in [0.717, 1.165) is 0 Å². The first-order chi connectivity index (χ1) is 15.9. The van der Waals surface area contributed by atoms with E-state index in [1.165, 1.54) is 21.3 Å². The van der Waals surface area contributed by atoms with Gasteiger partial charge < -0.3 is 34.5 Å². The van der Waals surface area contributed by atoms with Crippen LogP contribution in [0.1, 0.15) is 18.5 Å². The summed E-state index contributed by atoms with van der Waals surface area (Å²) in [6.45, 7) is 4.53. The second-order valence-corrected chi connectivity index (χ2v) is 7.49. The van der Waals surface area contributed by atoms with Crippen molar-refractivity contribution in [3.63, 3.8) is 0 Å². The summed E-state index contributed by atoms with van der Waals surface area (Å²) in [6, 6.07) is 4.03. The van der Waals surface area contributed by atoms with Gasteiger partial charge in [0.15, 0.2) is 11.5 Å². The van der Waals surface area contributed by atoms with Crippen molar-refractivity contribution in [2.75, 3.05) is 60.7 Å². The molecule has 180 valence electrons. The monoisotopic (exact) mass is 462 g/mol. The summed E-state index contributed by atoms with van der Waals surface area (Å²) in [5.74, 6) is 0.455. The molecular formula is C22H30N4O7. The Hall–Kier alpha value is -3.47. The molecule has 3 amide bonds. The van der Waals surface area contributed by atoms with Gasteiger partial charge in [0.1, 0.15) is 0 Å². The van der Waals surface area contributed by atoms with Crippen LogP contribution in [0.15, 0.2) is 29.5 Å². The zero-order chi connectivity index (χ0) is 24.0. The van der Waals surface area contributed by atoms with Gasteiger partial charge in [0.2, 0.25) is 0 Å². The van der Waals surface area contributed by atoms with E-state index in [-0.39, 0.29) is 6.09 Å². The van der Waals surface area contributed by atoms with E-state index in [9.17, 15) is 14.4 Å². The molecule has 0 bridgehead atoms. The molecule has 0 unspecified atom stereocenters. The van der Waals surface area contributed by atoms with Crippen LogP contribution in [0.4, 0.5) is 9.59 Å². The van der Waals surface area contributed by atoms with E-state index >= 15 is 0 Å². The molecule has 1 atom stereocenters. The summed E-state index contributed by atoms with van der Waals surface area (Å²) < 4.78 is 20.8. The molecule has 1 aromatic rings. The van der Waals surface area contributed by atoms with E-state index < -0.39 is 18.0 Å². The van der Waals surface area contributed by atoms with Gasteiger partial charge in [-0.2, -0.15) is 0 Å². The Kier molecular flexibility index (Phi) is 7.99. The number of piperazine rings is 1. The number of ether oxygens (including phenoxy) is 4. The number of methoxy groups -OCH3 is 3. The first kappa shape index (κ1) is 24.2. The topological polar surface area (TPSA) is 119 Å². The minimum atomic E-state index is -0.734. The number of hydrogen-bond acceptors (Lipinski definition) is 8. The van der Waals surface area contributed by atoms with Gasteiger partial charge in [-0.25, -0.2) is 14.4 Å². The maximum atomic E-state index is 12.8. The van der Waals surface area contributed by atoms with Crippen molar-refractivity contribution in [3.05, 3.63) is 35.0 Å². The Morgan fingerprint density at radius 1 is 1.06 bits per heavy atom. The third kappa shape index (κ3) is 5.48. The van der Waals surface area contributed by atoms with Crippen molar-refractivity contribution in [1.82, 2.24) is 20.4 Å². The van der Waals surface area contributed by atoms with Gasteiger partial charge in [-0.3, -0.25) is 4.90 Å². The van der Waals surface area contributed by atoms with Crippen molar-refractivity contribution < 1.29 is 33.3 Å². The average Bonchev–Trinajstić information content (AvgIpc) is 2.83. The van der Waals surface area contributed by atoms with Crippen LogP contribution in [-0.4, -0.2) is 88.6 Å². The van der Waals surface area contributed by atoms with E-state index in [0.29, 0.717) is 67.7 Å². The van der Waals surface area contributed by atoms with Crippen molar-refractivity contribution in [3.8, 4) is 11.5 Å². The Balaban J connectivity index is 1.87. The van der Waals surface area contributed by atoms with Crippen LogP contribution in [0.5, 0.6) is 11.5 Å². The van der Waals surface area contributed by atoms with Crippen molar-refractivity contribution >= 4 is 18.1 Å². The molecule has 1 saturated heterocycles. The normalized spacial score (nSPS) is 18.8. The molecule has 0 aromatic heterocycles. The minimum absolute atomic E-state index is 0.303. The predicted octanol–water partition coefficient (Wildman–Crippen LogP) is 1.26. The number of hydrogen-bond donors (Lipinski definition) is 2. The van der Waals surface area contributed by atoms with E-state index in [2.05, 4.69) is 15.5 Å². The summed E-state index contributed by atoms with van der Waals surface area (Å²) in [7, 11) is 4.34. The molecular weight excluding hydrogens is 432 g/mol. The largest absolute Gasteiger partial charge is 0.493 e. The van der Waals surface area contributed by atoms with E-state index in [1.54, 1.807) is 30.0 Å². The Morgan fingerprint density at radius 2 is 1.76 bits per heavy atom. The van der Waals surface area contributed by atoms with Crippen molar-refractivity contribution in [2.24, 2.45) is 0 Å². The zero-order valence-electron chi connectivity index (χ0n) is 19.3. The minimum Gasteiger partial charge on any atom is -0.493 e. The smallest absolute Gasteiger partial charge is 0.409 e. The summed E-state index contributed by atoms with van der Waals surface area (Å²) in [4.78, 5) is 40.9. The fraction of sp³-hybridized carbons (Fsp3) is 0.500. The second-order valence-electron chi connectivity index (χ2n) is 7.49. The third-order valence-electron chi connectivity index (χ3n) is 5.58. The number of carbonyl (C=O) groups excluding carboxylic acids is 3. The molecule has 0 spiro atoms. The molecule has 1 aromatic carbocycles. The number of esters is 1. The van der Waals surface area contributed by atoms with Crippen molar-refractivity contribution in [2.45, 2.75) is 13.0 Å². The maximum Gasteiger partial charge on any atom is 0.409 e. The lowest BCUT2D eigenvalue weighted by Crippen LogP contribution is -2.52.